The van der Waals surface area contributed by atoms with Gasteiger partial charge in [0.15, 0.2) is 0 Å². The Bertz CT molecular complexity index is 1770. The van der Waals surface area contributed by atoms with E-state index in [2.05, 4.69) is 16.0 Å². The third-order valence-electron chi connectivity index (χ3n) is 6.46. The smallest absolute Gasteiger partial charge is 0.337 e. The lowest BCUT2D eigenvalue weighted by atomic mass is 9.96. The van der Waals surface area contributed by atoms with Gasteiger partial charge in [0.05, 0.1) is 17.1 Å². The van der Waals surface area contributed by atoms with Crippen LogP contribution in [0.2, 0.25) is 0 Å². The lowest BCUT2D eigenvalue weighted by Crippen LogP contribution is -2.41. The molecule has 194 valence electrons. The minimum absolute atomic E-state index is 0.0505. The molecule has 1 saturated carbocycles. The van der Waals surface area contributed by atoms with Crippen molar-refractivity contribution in [1.82, 2.24) is 19.0 Å². The summed E-state index contributed by atoms with van der Waals surface area (Å²) in [6.45, 7) is 2.22. The summed E-state index contributed by atoms with van der Waals surface area (Å²) in [6, 6.07) is 11.7. The molecule has 0 spiro atoms. The molecule has 4 aromatic rings. The number of urea groups is 1. The highest BCUT2D eigenvalue weighted by Gasteiger charge is 2.31. The number of fused-ring (bicyclic) bond motifs is 1. The maximum atomic E-state index is 14.7. The highest BCUT2D eigenvalue weighted by molar-refractivity contribution is 6.32. The van der Waals surface area contributed by atoms with Crippen molar-refractivity contribution in [2.75, 3.05) is 17.2 Å². The summed E-state index contributed by atoms with van der Waals surface area (Å²) in [5, 5.41) is 8.32. The van der Waals surface area contributed by atoms with E-state index in [1.165, 1.54) is 38.9 Å². The van der Waals surface area contributed by atoms with E-state index in [9.17, 15) is 23.6 Å². The molecule has 38 heavy (non-hydrogen) atoms. The van der Waals surface area contributed by atoms with Crippen LogP contribution in [0.3, 0.4) is 0 Å². The Morgan fingerprint density at radius 2 is 1.84 bits per heavy atom. The lowest BCUT2D eigenvalue weighted by molar-refractivity contribution is 0.252. The zero-order valence-corrected chi connectivity index (χ0v) is 21.2. The predicted molar refractivity (Wildman–Crippen MR) is 148 cm³/mol. The first-order chi connectivity index (χ1) is 18.2. The number of aromatic nitrogens is 3. The third-order valence-corrected chi connectivity index (χ3v) is 6.46. The second-order valence-electron chi connectivity index (χ2n) is 9.32. The van der Waals surface area contributed by atoms with Gasteiger partial charge in [-0.3, -0.25) is 18.7 Å². The summed E-state index contributed by atoms with van der Waals surface area (Å²) < 4.78 is 18.4. The highest BCUT2D eigenvalue weighted by Crippen LogP contribution is 2.33. The Morgan fingerprint density at radius 1 is 1.08 bits per heavy atom. The van der Waals surface area contributed by atoms with Crippen molar-refractivity contribution in [2.45, 2.75) is 25.8 Å². The number of nitrogens with zero attached hydrogens (tertiary/aromatic N) is 3. The maximum Gasteiger partial charge on any atom is 0.337 e. The van der Waals surface area contributed by atoms with E-state index in [1.807, 2.05) is 0 Å². The maximum absolute atomic E-state index is 14.7. The SMILES string of the molecule is Bc1ccc(Nc2cc(=O)n(C)c3c2c(=O)n(C2CC2)c(=O)n3-c2cccc(NC(=O)NCC)c2)c(F)c1. The Morgan fingerprint density at radius 3 is 2.53 bits per heavy atom. The van der Waals surface area contributed by atoms with E-state index in [-0.39, 0.29) is 28.5 Å². The van der Waals surface area contributed by atoms with Gasteiger partial charge in [-0.05, 0) is 50.1 Å². The van der Waals surface area contributed by atoms with E-state index < -0.39 is 28.7 Å². The molecule has 1 aliphatic carbocycles. The second kappa shape index (κ2) is 9.69. The first-order valence-electron chi connectivity index (χ1n) is 12.3. The van der Waals surface area contributed by atoms with Gasteiger partial charge in [-0.2, -0.15) is 0 Å². The molecule has 0 aliphatic heterocycles. The number of carbonyl (C=O) groups excluding carboxylic acids is 1. The van der Waals surface area contributed by atoms with Crippen molar-refractivity contribution in [1.29, 1.82) is 0 Å². The molecule has 0 atom stereocenters. The number of nitrogens with one attached hydrogen (secondary N) is 3. The molecule has 0 unspecified atom stereocenters. The van der Waals surface area contributed by atoms with Gasteiger partial charge in [0.25, 0.3) is 11.1 Å². The average Bonchev–Trinajstić information content (AvgIpc) is 3.69. The molecule has 0 bridgehead atoms. The van der Waals surface area contributed by atoms with Gasteiger partial charge in [0.1, 0.15) is 24.7 Å². The molecule has 3 N–H and O–H groups in total. The van der Waals surface area contributed by atoms with Crippen LogP contribution in [0.5, 0.6) is 0 Å². The monoisotopic (exact) mass is 516 g/mol. The summed E-state index contributed by atoms with van der Waals surface area (Å²) in [5.74, 6) is -0.543. The van der Waals surface area contributed by atoms with Crippen LogP contribution >= 0.6 is 0 Å². The van der Waals surface area contributed by atoms with Crippen LogP contribution < -0.4 is 38.2 Å². The number of halogens is 1. The van der Waals surface area contributed by atoms with Crippen LogP contribution in [-0.4, -0.2) is 34.1 Å². The average molecular weight is 516 g/mol. The lowest BCUT2D eigenvalue weighted by Gasteiger charge is -2.19. The molecule has 10 nitrogen and oxygen atoms in total. The summed E-state index contributed by atoms with van der Waals surface area (Å²) in [4.78, 5) is 52.6. The van der Waals surface area contributed by atoms with Crippen LogP contribution in [0.25, 0.3) is 16.7 Å². The van der Waals surface area contributed by atoms with Gasteiger partial charge in [-0.15, -0.1) is 0 Å². The molecule has 2 aromatic carbocycles. The molecular formula is C26H26BFN6O4. The first kappa shape index (κ1) is 25.1. The Hall–Kier alpha value is -4.61. The van der Waals surface area contributed by atoms with E-state index in [1.54, 1.807) is 45.1 Å². The molecule has 0 saturated heterocycles. The van der Waals surface area contributed by atoms with Gasteiger partial charge >= 0.3 is 11.7 Å². The Labute approximate surface area is 217 Å². The summed E-state index contributed by atoms with van der Waals surface area (Å²) in [6.07, 6.45) is 1.33. The number of amides is 2. The van der Waals surface area contributed by atoms with Crippen molar-refractivity contribution in [2.24, 2.45) is 7.05 Å². The van der Waals surface area contributed by atoms with E-state index in [0.717, 1.165) is 0 Å². The number of hydrogen-bond donors (Lipinski definition) is 3. The Kier molecular flexibility index (Phi) is 6.39. The number of benzene rings is 2. The van der Waals surface area contributed by atoms with Crippen LogP contribution in [0.15, 0.2) is 62.9 Å². The van der Waals surface area contributed by atoms with Gasteiger partial charge in [-0.25, -0.2) is 18.5 Å². The van der Waals surface area contributed by atoms with Crippen molar-refractivity contribution in [3.8, 4) is 5.69 Å². The number of aryl methyl sites for hydroxylation is 1. The number of carbonyl (C=O) groups is 1. The molecule has 2 amide bonds. The fourth-order valence-electron chi connectivity index (χ4n) is 4.47. The number of pyridine rings is 1. The van der Waals surface area contributed by atoms with Crippen LogP contribution in [0.4, 0.5) is 26.2 Å². The van der Waals surface area contributed by atoms with Gasteiger partial charge < -0.3 is 16.0 Å². The number of anilines is 3. The molecule has 1 fully saturated rings. The van der Waals surface area contributed by atoms with Crippen molar-refractivity contribution in [3.05, 3.63) is 85.5 Å². The Balaban J connectivity index is 1.80. The molecular weight excluding hydrogens is 490 g/mol. The largest absolute Gasteiger partial charge is 0.352 e. The van der Waals surface area contributed by atoms with Crippen LogP contribution in [-0.2, 0) is 7.05 Å². The van der Waals surface area contributed by atoms with Crippen LogP contribution in [0.1, 0.15) is 25.8 Å². The zero-order chi connectivity index (χ0) is 27.1. The molecule has 12 heteroatoms. The van der Waals surface area contributed by atoms with Crippen molar-refractivity contribution < 1.29 is 9.18 Å². The number of rotatable bonds is 6. The van der Waals surface area contributed by atoms with Gasteiger partial charge in [0.2, 0.25) is 0 Å². The second-order valence-corrected chi connectivity index (χ2v) is 9.32. The highest BCUT2D eigenvalue weighted by atomic mass is 19.1. The summed E-state index contributed by atoms with van der Waals surface area (Å²) >= 11 is 0. The predicted octanol–water partition coefficient (Wildman–Crippen LogP) is 1.47. The third kappa shape index (κ3) is 4.49. The first-order valence-corrected chi connectivity index (χ1v) is 12.3. The topological polar surface area (TPSA) is 119 Å². The van der Waals surface area contributed by atoms with Crippen molar-refractivity contribution in [3.63, 3.8) is 0 Å². The van der Waals surface area contributed by atoms with Crippen LogP contribution in [0, 0.1) is 5.82 Å². The summed E-state index contributed by atoms with van der Waals surface area (Å²) in [7, 11) is 3.22. The van der Waals surface area contributed by atoms with E-state index in [0.29, 0.717) is 36.2 Å². The van der Waals surface area contributed by atoms with E-state index >= 15 is 0 Å². The zero-order valence-electron chi connectivity index (χ0n) is 21.2. The van der Waals surface area contributed by atoms with Crippen molar-refractivity contribution >= 4 is 47.4 Å². The molecule has 0 radical (unpaired) electrons. The minimum atomic E-state index is -0.603. The normalized spacial score (nSPS) is 12.9. The molecule has 1 aliphatic rings. The van der Waals surface area contributed by atoms with Gasteiger partial charge in [-0.1, -0.05) is 17.6 Å². The van der Waals surface area contributed by atoms with E-state index in [4.69, 9.17) is 0 Å². The fourth-order valence-corrected chi connectivity index (χ4v) is 4.47. The molecule has 2 aromatic heterocycles. The molecule has 2 heterocycles. The standard InChI is InChI=1S/C26H26BFN6O4/c1-3-29-25(37)30-15-5-4-6-17(12-15)33-23-22(24(36)34(26(33)38)16-8-9-16)20(13-21(35)32(23)2)31-19-10-7-14(27)11-18(19)28/h4-7,10-13,16,31H,3,8-9,27H2,1-2H3,(H2,29,30,37). The summed E-state index contributed by atoms with van der Waals surface area (Å²) in [5.41, 5.74) is 0.0446. The minimum Gasteiger partial charge on any atom is -0.352 e. The van der Waals surface area contributed by atoms with Gasteiger partial charge in [0, 0.05) is 31.4 Å². The number of hydrogen-bond acceptors (Lipinski definition) is 5. The fraction of sp³-hybridized carbons (Fsp3) is 0.231. The quantitative estimate of drug-likeness (QED) is 0.336. The molecule has 5 rings (SSSR count).